The van der Waals surface area contributed by atoms with Gasteiger partial charge in [-0.3, -0.25) is 9.69 Å². The molecule has 130 valence electrons. The van der Waals surface area contributed by atoms with Crippen LogP contribution in [0.15, 0.2) is 77.4 Å². The number of hydrogen-bond donors (Lipinski definition) is 1. The summed E-state index contributed by atoms with van der Waals surface area (Å²) in [5.74, 6) is 1.42. The van der Waals surface area contributed by atoms with Gasteiger partial charge in [0.1, 0.15) is 17.7 Å². The van der Waals surface area contributed by atoms with E-state index in [2.05, 4.69) is 5.32 Å². The predicted octanol–water partition coefficient (Wildman–Crippen LogP) is 4.40. The quantitative estimate of drug-likeness (QED) is 0.761. The molecule has 5 heteroatoms. The summed E-state index contributed by atoms with van der Waals surface area (Å²) in [5.41, 5.74) is 2.24. The van der Waals surface area contributed by atoms with E-state index in [1.54, 1.807) is 18.3 Å². The fourth-order valence-corrected chi connectivity index (χ4v) is 3.00. The zero-order chi connectivity index (χ0) is 17.9. The molecule has 0 fully saturated rings. The number of amides is 1. The monoisotopic (exact) mass is 346 g/mol. The van der Waals surface area contributed by atoms with Gasteiger partial charge in [-0.2, -0.15) is 0 Å². The minimum Gasteiger partial charge on any atom is -0.497 e. The molecule has 0 saturated heterocycles. The minimum absolute atomic E-state index is 0.0568. The van der Waals surface area contributed by atoms with Crippen LogP contribution in [0.25, 0.3) is 6.08 Å². The number of methoxy groups -OCH3 is 1. The highest BCUT2D eigenvalue weighted by Crippen LogP contribution is 2.31. The van der Waals surface area contributed by atoms with Gasteiger partial charge in [0.15, 0.2) is 0 Å². The first kappa shape index (κ1) is 16.0. The van der Waals surface area contributed by atoms with E-state index in [1.165, 1.54) is 0 Å². The van der Waals surface area contributed by atoms with Crippen molar-refractivity contribution in [2.45, 2.75) is 6.17 Å². The molecule has 0 bridgehead atoms. The number of para-hydroxylation sites is 1. The van der Waals surface area contributed by atoms with Crippen LogP contribution in [0.2, 0.25) is 0 Å². The standard InChI is InChI=1S/C21H18N2O3/c1-25-16-10-8-15(9-11-16)23-20(13-12-17-5-4-14-26-17)22-19-7-3-2-6-18(19)21(23)24/h2-14,20,22H,1H3/b13-12-/t20-/m0/s1. The fraction of sp³-hybridized carbons (Fsp3) is 0.0952. The number of carbonyl (C=O) groups excluding carboxylic acids is 1. The van der Waals surface area contributed by atoms with Gasteiger partial charge < -0.3 is 14.5 Å². The van der Waals surface area contributed by atoms with Crippen molar-refractivity contribution in [1.29, 1.82) is 0 Å². The molecule has 2 heterocycles. The molecule has 1 aromatic heterocycles. The summed E-state index contributed by atoms with van der Waals surface area (Å²) in [6.45, 7) is 0. The summed E-state index contributed by atoms with van der Waals surface area (Å²) in [7, 11) is 1.62. The van der Waals surface area contributed by atoms with Crippen LogP contribution in [0.4, 0.5) is 11.4 Å². The topological polar surface area (TPSA) is 54.7 Å². The van der Waals surface area contributed by atoms with Gasteiger partial charge in [0.25, 0.3) is 5.91 Å². The second kappa shape index (κ2) is 6.80. The Kier molecular flexibility index (Phi) is 4.19. The second-order valence-electron chi connectivity index (χ2n) is 5.88. The lowest BCUT2D eigenvalue weighted by Gasteiger charge is -2.36. The molecule has 0 aliphatic carbocycles. The smallest absolute Gasteiger partial charge is 0.262 e. The Labute approximate surface area is 151 Å². The van der Waals surface area contributed by atoms with Crippen molar-refractivity contribution in [3.05, 3.63) is 84.3 Å². The van der Waals surface area contributed by atoms with Crippen LogP contribution in [-0.4, -0.2) is 19.2 Å². The highest BCUT2D eigenvalue weighted by atomic mass is 16.5. The van der Waals surface area contributed by atoms with E-state index in [4.69, 9.17) is 9.15 Å². The molecule has 0 saturated carbocycles. The first-order valence-corrected chi connectivity index (χ1v) is 8.31. The largest absolute Gasteiger partial charge is 0.497 e. The number of fused-ring (bicyclic) bond motifs is 1. The van der Waals surface area contributed by atoms with Crippen molar-refractivity contribution < 1.29 is 13.9 Å². The van der Waals surface area contributed by atoms with Gasteiger partial charge in [-0.25, -0.2) is 0 Å². The van der Waals surface area contributed by atoms with Crippen LogP contribution in [0.1, 0.15) is 16.1 Å². The molecule has 3 aromatic rings. The number of furan rings is 1. The Balaban J connectivity index is 1.74. The Morgan fingerprint density at radius 2 is 1.88 bits per heavy atom. The lowest BCUT2D eigenvalue weighted by Crippen LogP contribution is -2.48. The Morgan fingerprint density at radius 3 is 2.62 bits per heavy atom. The van der Waals surface area contributed by atoms with Crippen molar-refractivity contribution in [2.24, 2.45) is 0 Å². The van der Waals surface area contributed by atoms with Crippen LogP contribution < -0.4 is 15.0 Å². The van der Waals surface area contributed by atoms with E-state index in [9.17, 15) is 4.79 Å². The zero-order valence-electron chi connectivity index (χ0n) is 14.3. The molecule has 0 unspecified atom stereocenters. The molecule has 4 rings (SSSR count). The molecule has 0 spiro atoms. The first-order valence-electron chi connectivity index (χ1n) is 8.31. The Hall–Kier alpha value is -3.47. The van der Waals surface area contributed by atoms with Crippen molar-refractivity contribution >= 4 is 23.4 Å². The SMILES string of the molecule is COc1ccc(N2C(=O)c3ccccc3N[C@@H]2/C=C\c2ccco2)cc1. The van der Waals surface area contributed by atoms with Crippen LogP contribution in [-0.2, 0) is 0 Å². The van der Waals surface area contributed by atoms with E-state index in [0.29, 0.717) is 5.56 Å². The van der Waals surface area contributed by atoms with Gasteiger partial charge in [0.05, 0.1) is 18.9 Å². The summed E-state index contributed by atoms with van der Waals surface area (Å²) in [4.78, 5) is 14.9. The zero-order valence-corrected chi connectivity index (χ0v) is 14.3. The predicted molar refractivity (Wildman–Crippen MR) is 101 cm³/mol. The van der Waals surface area contributed by atoms with E-state index >= 15 is 0 Å². The van der Waals surface area contributed by atoms with E-state index in [-0.39, 0.29) is 12.1 Å². The third-order valence-corrected chi connectivity index (χ3v) is 4.29. The van der Waals surface area contributed by atoms with Gasteiger partial charge in [0, 0.05) is 11.4 Å². The molecular formula is C21H18N2O3. The van der Waals surface area contributed by atoms with E-state index in [1.807, 2.05) is 72.8 Å². The third kappa shape index (κ3) is 2.95. The van der Waals surface area contributed by atoms with Gasteiger partial charge in [0.2, 0.25) is 0 Å². The number of benzene rings is 2. The summed E-state index contributed by atoms with van der Waals surface area (Å²) in [6, 6.07) is 18.6. The summed E-state index contributed by atoms with van der Waals surface area (Å²) >= 11 is 0. The Morgan fingerprint density at radius 1 is 1.08 bits per heavy atom. The first-order chi connectivity index (χ1) is 12.8. The summed E-state index contributed by atoms with van der Waals surface area (Å²) < 4.78 is 10.6. The Bertz CT molecular complexity index is 930. The van der Waals surface area contributed by atoms with Crippen molar-refractivity contribution in [1.82, 2.24) is 0 Å². The fourth-order valence-electron chi connectivity index (χ4n) is 3.00. The lowest BCUT2D eigenvalue weighted by atomic mass is 10.1. The highest BCUT2D eigenvalue weighted by Gasteiger charge is 2.31. The molecule has 1 atom stereocenters. The van der Waals surface area contributed by atoms with Crippen molar-refractivity contribution in [2.75, 3.05) is 17.3 Å². The highest BCUT2D eigenvalue weighted by molar-refractivity contribution is 6.12. The number of nitrogens with zero attached hydrogens (tertiary/aromatic N) is 1. The average Bonchev–Trinajstić information content (AvgIpc) is 3.20. The van der Waals surface area contributed by atoms with Crippen LogP contribution >= 0.6 is 0 Å². The van der Waals surface area contributed by atoms with Crippen molar-refractivity contribution in [3.8, 4) is 5.75 Å². The van der Waals surface area contributed by atoms with E-state index < -0.39 is 0 Å². The van der Waals surface area contributed by atoms with Gasteiger partial charge >= 0.3 is 0 Å². The van der Waals surface area contributed by atoms with Crippen LogP contribution in [0.5, 0.6) is 5.75 Å². The normalized spacial score (nSPS) is 16.4. The average molecular weight is 346 g/mol. The number of rotatable bonds is 4. The number of nitrogens with one attached hydrogen (secondary N) is 1. The molecule has 1 aliphatic rings. The molecule has 1 amide bonds. The molecule has 2 aromatic carbocycles. The molecule has 0 radical (unpaired) electrons. The van der Waals surface area contributed by atoms with Gasteiger partial charge in [-0.1, -0.05) is 12.1 Å². The van der Waals surface area contributed by atoms with E-state index in [0.717, 1.165) is 22.9 Å². The summed E-state index contributed by atoms with van der Waals surface area (Å²) in [5, 5.41) is 3.41. The maximum Gasteiger partial charge on any atom is 0.262 e. The summed E-state index contributed by atoms with van der Waals surface area (Å²) in [6.07, 6.45) is 5.05. The number of ether oxygens (including phenoxy) is 1. The van der Waals surface area contributed by atoms with Crippen LogP contribution in [0, 0.1) is 0 Å². The maximum absolute atomic E-state index is 13.1. The molecular weight excluding hydrogens is 328 g/mol. The van der Waals surface area contributed by atoms with Gasteiger partial charge in [-0.15, -0.1) is 0 Å². The number of hydrogen-bond acceptors (Lipinski definition) is 4. The third-order valence-electron chi connectivity index (χ3n) is 4.29. The molecule has 1 aliphatic heterocycles. The number of carbonyl (C=O) groups is 1. The lowest BCUT2D eigenvalue weighted by molar-refractivity contribution is 0.0980. The molecule has 26 heavy (non-hydrogen) atoms. The molecule has 1 N–H and O–H groups in total. The second-order valence-corrected chi connectivity index (χ2v) is 5.88. The van der Waals surface area contributed by atoms with Crippen molar-refractivity contribution in [3.63, 3.8) is 0 Å². The van der Waals surface area contributed by atoms with Crippen LogP contribution in [0.3, 0.4) is 0 Å². The minimum atomic E-state index is -0.337. The number of anilines is 2. The maximum atomic E-state index is 13.1. The van der Waals surface area contributed by atoms with Gasteiger partial charge in [-0.05, 0) is 60.7 Å². The molecule has 5 nitrogen and oxygen atoms in total.